The molecule has 0 aromatic heterocycles. The summed E-state index contributed by atoms with van der Waals surface area (Å²) >= 11 is 0. The second-order valence-corrected chi connectivity index (χ2v) is 23.4. The van der Waals surface area contributed by atoms with Crippen molar-refractivity contribution in [2.75, 3.05) is 19.8 Å². The van der Waals surface area contributed by atoms with Crippen LogP contribution in [0.5, 0.6) is 0 Å². The molecule has 4 saturated heterocycles. The van der Waals surface area contributed by atoms with Crippen molar-refractivity contribution in [3.05, 3.63) is 0 Å². The second-order valence-electron chi connectivity index (χ2n) is 23.4. The molecule has 2 spiro atoms. The Hall–Kier alpha value is -0.720. The van der Waals surface area contributed by atoms with Gasteiger partial charge < -0.3 is 89.3 Å². The molecule has 5 aliphatic carbocycles. The van der Waals surface area contributed by atoms with E-state index in [4.69, 9.17) is 33.2 Å². The fourth-order valence-corrected chi connectivity index (χ4v) is 16.1. The number of aliphatic hydroxyl groups excluding tert-OH is 10. The van der Waals surface area contributed by atoms with Gasteiger partial charge in [-0.3, -0.25) is 0 Å². The molecule has 4 aliphatic heterocycles. The molecule has 64 heavy (non-hydrogen) atoms. The molecule has 0 radical (unpaired) electrons. The molecule has 18 heteroatoms. The minimum absolute atomic E-state index is 0.0777. The summed E-state index contributed by atoms with van der Waals surface area (Å²) in [6, 6.07) is 0. The van der Waals surface area contributed by atoms with Gasteiger partial charge in [-0.1, -0.05) is 27.7 Å². The lowest BCUT2D eigenvalue weighted by atomic mass is 9.41. The Morgan fingerprint density at radius 3 is 1.94 bits per heavy atom. The van der Waals surface area contributed by atoms with Crippen LogP contribution in [0.3, 0.4) is 0 Å². The minimum atomic E-state index is -1.78. The number of aliphatic hydroxyl groups is 11. The van der Waals surface area contributed by atoms with Gasteiger partial charge in [0.05, 0.1) is 55.4 Å². The molecule has 9 aliphatic rings. The van der Waals surface area contributed by atoms with Gasteiger partial charge in [0.25, 0.3) is 0 Å². The highest BCUT2D eigenvalue weighted by atomic mass is 16.8. The fraction of sp³-hybridized carbons (Fsp3) is 1.00. The molecule has 9 rings (SSSR count). The van der Waals surface area contributed by atoms with E-state index < -0.39 is 121 Å². The molecule has 368 valence electrons. The quantitative estimate of drug-likeness (QED) is 0.126. The first-order chi connectivity index (χ1) is 29.8. The highest BCUT2D eigenvalue weighted by Gasteiger charge is 2.85. The number of rotatable bonds is 9. The lowest BCUT2D eigenvalue weighted by Crippen LogP contribution is -2.65. The second kappa shape index (κ2) is 16.2. The Kier molecular flexibility index (Phi) is 12.2. The molecular weight excluding hydrogens is 840 g/mol. The maximum Gasteiger partial charge on any atom is 0.187 e. The molecule has 5 saturated carbocycles. The van der Waals surface area contributed by atoms with Crippen LogP contribution in [0.25, 0.3) is 0 Å². The monoisotopic (exact) mass is 917 g/mol. The van der Waals surface area contributed by atoms with Crippen LogP contribution in [0.2, 0.25) is 0 Å². The third-order valence-corrected chi connectivity index (χ3v) is 19.3. The summed E-state index contributed by atoms with van der Waals surface area (Å²) < 4.78 is 44.1. The van der Waals surface area contributed by atoms with Crippen molar-refractivity contribution in [2.45, 2.75) is 222 Å². The van der Waals surface area contributed by atoms with E-state index in [2.05, 4.69) is 34.6 Å². The summed E-state index contributed by atoms with van der Waals surface area (Å²) in [5, 5.41) is 119. The molecule has 2 unspecified atom stereocenters. The van der Waals surface area contributed by atoms with Crippen LogP contribution in [0.15, 0.2) is 0 Å². The van der Waals surface area contributed by atoms with Crippen LogP contribution >= 0.6 is 0 Å². The summed E-state index contributed by atoms with van der Waals surface area (Å²) in [7, 11) is 0. The van der Waals surface area contributed by atoms with Gasteiger partial charge in [0.15, 0.2) is 18.9 Å². The lowest BCUT2D eigenvalue weighted by Gasteiger charge is -2.65. The minimum Gasteiger partial charge on any atom is -0.394 e. The van der Waals surface area contributed by atoms with Crippen LogP contribution in [-0.4, -0.2) is 192 Å². The highest BCUT2D eigenvalue weighted by Crippen LogP contribution is 2.89. The standard InChI is InChI=1S/C46H76O18/c1-40(2)26(62-39-34(29(52)22(50)18-59-39)63-38-33(56)31(54)30(53)24(16-47)61-38)9-11-46-19-45(46)13-12-42(5)35(44(7)10-8-27(64-44)41(3,4)57)20(48)15-43(42,6)25(45)14-23(36(40)46)60-37-32(55)28(51)21(49)17-58-37/h20-39,47-57H,8-19H2,1-7H3/t20?,21-,22-,23+,24-,25+,26+,27?,28+,29+,30-,31+,32-,33-,34-,35+,36+,37+,38+,39+,42-,43+,44+,45+,46-/m1/s1. The van der Waals surface area contributed by atoms with Crippen LogP contribution in [0, 0.1) is 44.8 Å². The molecule has 9 fully saturated rings. The lowest BCUT2D eigenvalue weighted by molar-refractivity contribution is -0.368. The molecule has 0 aromatic carbocycles. The normalized spacial score (nSPS) is 58.2. The van der Waals surface area contributed by atoms with Gasteiger partial charge in [-0.15, -0.1) is 0 Å². The van der Waals surface area contributed by atoms with Crippen LogP contribution in [-0.2, 0) is 33.2 Å². The van der Waals surface area contributed by atoms with Crippen molar-refractivity contribution in [3.63, 3.8) is 0 Å². The largest absolute Gasteiger partial charge is 0.394 e. The predicted octanol–water partition coefficient (Wildman–Crippen LogP) is -0.813. The van der Waals surface area contributed by atoms with Crippen LogP contribution in [0.1, 0.15) is 106 Å². The number of ether oxygens (including phenoxy) is 7. The van der Waals surface area contributed by atoms with E-state index in [9.17, 15) is 56.2 Å². The van der Waals surface area contributed by atoms with Gasteiger partial charge in [0, 0.05) is 5.92 Å². The van der Waals surface area contributed by atoms with Crippen molar-refractivity contribution in [1.82, 2.24) is 0 Å². The maximum absolute atomic E-state index is 12.3. The van der Waals surface area contributed by atoms with E-state index in [0.717, 1.165) is 32.1 Å². The van der Waals surface area contributed by atoms with Gasteiger partial charge in [-0.05, 0) is 117 Å². The maximum atomic E-state index is 12.3. The molecule has 11 N–H and O–H groups in total. The summed E-state index contributed by atoms with van der Waals surface area (Å²) in [5.41, 5.74) is -3.48. The van der Waals surface area contributed by atoms with Gasteiger partial charge in [-0.25, -0.2) is 0 Å². The van der Waals surface area contributed by atoms with Gasteiger partial charge in [-0.2, -0.15) is 0 Å². The average molecular weight is 917 g/mol. The fourth-order valence-electron chi connectivity index (χ4n) is 16.1. The Bertz CT molecular complexity index is 1710. The van der Waals surface area contributed by atoms with E-state index in [1.165, 1.54) is 0 Å². The van der Waals surface area contributed by atoms with E-state index >= 15 is 0 Å². The van der Waals surface area contributed by atoms with Gasteiger partial charge >= 0.3 is 0 Å². The summed E-state index contributed by atoms with van der Waals surface area (Å²) in [5.74, 6) is -0.324. The third-order valence-electron chi connectivity index (χ3n) is 19.3. The first-order valence-electron chi connectivity index (χ1n) is 23.8. The molecular formula is C46H76O18. The first kappa shape index (κ1) is 48.3. The molecule has 0 aromatic rings. The Morgan fingerprint density at radius 1 is 0.625 bits per heavy atom. The topological polar surface area (TPSA) is 287 Å². The first-order valence-corrected chi connectivity index (χ1v) is 23.8. The van der Waals surface area contributed by atoms with Crippen molar-refractivity contribution in [3.8, 4) is 0 Å². The van der Waals surface area contributed by atoms with Crippen LogP contribution in [0.4, 0.5) is 0 Å². The smallest absolute Gasteiger partial charge is 0.187 e. The van der Waals surface area contributed by atoms with Crippen molar-refractivity contribution in [1.29, 1.82) is 0 Å². The van der Waals surface area contributed by atoms with Gasteiger partial charge in [0.1, 0.15) is 61.0 Å². The zero-order chi connectivity index (χ0) is 46.5. The molecule has 0 bridgehead atoms. The van der Waals surface area contributed by atoms with E-state index in [1.54, 1.807) is 13.8 Å². The molecule has 4 heterocycles. The Labute approximate surface area is 375 Å². The molecule has 25 atom stereocenters. The zero-order valence-corrected chi connectivity index (χ0v) is 38.3. The Morgan fingerprint density at radius 2 is 1.28 bits per heavy atom. The van der Waals surface area contributed by atoms with Crippen LogP contribution < -0.4 is 0 Å². The van der Waals surface area contributed by atoms with Crippen molar-refractivity contribution < 1.29 is 89.3 Å². The highest BCUT2D eigenvalue weighted by molar-refractivity contribution is 5.33. The average Bonchev–Trinajstić information content (AvgIpc) is 3.59. The third kappa shape index (κ3) is 7.01. The number of hydrogen-bond acceptors (Lipinski definition) is 18. The van der Waals surface area contributed by atoms with Crippen molar-refractivity contribution in [2.24, 2.45) is 44.8 Å². The molecule has 0 amide bonds. The molecule has 18 nitrogen and oxygen atoms in total. The van der Waals surface area contributed by atoms with Crippen molar-refractivity contribution >= 4 is 0 Å². The summed E-state index contributed by atoms with van der Waals surface area (Å²) in [6.07, 6.45) is -14.9. The Balaban J connectivity index is 1.03. The SMILES string of the molecule is CC(C)(O)C1CC[C@@](C)([C@H]2C(O)C[C@@]3(C)[C@@H]4C[C@H](O[C@@H]5OC[C@@H](O)[C@H](O)[C@H]5O)[C@H]5C(C)(C)[C@@H](O[C@@H]6OC[C@@H](O)[C@H](O)[C@H]6O[C@@H]6O[C@H](CO)[C@@H](O)[C@H](O)[C@H]6O)CC[C@@]56C[C@@]46CC[C@]23C)O1. The zero-order valence-electron chi connectivity index (χ0n) is 38.3. The summed E-state index contributed by atoms with van der Waals surface area (Å²) in [4.78, 5) is 0. The van der Waals surface area contributed by atoms with Gasteiger partial charge in [0.2, 0.25) is 0 Å². The predicted molar refractivity (Wildman–Crippen MR) is 220 cm³/mol. The van der Waals surface area contributed by atoms with E-state index in [0.29, 0.717) is 25.7 Å². The number of fused-ring (bicyclic) bond motifs is 2. The number of hydrogen-bond donors (Lipinski definition) is 11. The summed E-state index contributed by atoms with van der Waals surface area (Å²) in [6.45, 7) is 13.3. The van der Waals surface area contributed by atoms with E-state index in [-0.39, 0.29) is 58.7 Å². The van der Waals surface area contributed by atoms with E-state index in [1.807, 2.05) is 0 Å².